The van der Waals surface area contributed by atoms with Crippen molar-refractivity contribution in [1.82, 2.24) is 5.32 Å². The number of hydrogen-bond donors (Lipinski definition) is 3. The maximum absolute atomic E-state index is 12.0. The van der Waals surface area contributed by atoms with E-state index in [0.717, 1.165) is 31.2 Å². The van der Waals surface area contributed by atoms with E-state index in [2.05, 4.69) is 5.32 Å². The normalized spacial score (nSPS) is 24.1. The van der Waals surface area contributed by atoms with Gasteiger partial charge in [0.05, 0.1) is 12.1 Å². The van der Waals surface area contributed by atoms with Crippen LogP contribution in [0.15, 0.2) is 30.3 Å². The van der Waals surface area contributed by atoms with Gasteiger partial charge in [0.2, 0.25) is 5.91 Å². The minimum Gasteiger partial charge on any atom is -0.391 e. The van der Waals surface area contributed by atoms with Crippen molar-refractivity contribution >= 4 is 18.3 Å². The zero-order chi connectivity index (χ0) is 13.0. The molecule has 0 bridgehead atoms. The Balaban J connectivity index is 0.00000180. The molecule has 4 nitrogen and oxygen atoms in total. The molecule has 3 atom stereocenters. The highest BCUT2D eigenvalue weighted by Crippen LogP contribution is 2.19. The molecule has 1 amide bonds. The third-order valence-corrected chi connectivity index (χ3v) is 3.50. The van der Waals surface area contributed by atoms with Crippen LogP contribution in [0.3, 0.4) is 0 Å². The average molecular weight is 285 g/mol. The molecular weight excluding hydrogens is 264 g/mol. The molecule has 5 heteroatoms. The summed E-state index contributed by atoms with van der Waals surface area (Å²) in [6.45, 7) is 0. The van der Waals surface area contributed by atoms with E-state index in [-0.39, 0.29) is 24.4 Å². The first-order chi connectivity index (χ1) is 8.68. The molecule has 0 radical (unpaired) electrons. The van der Waals surface area contributed by atoms with E-state index in [1.165, 1.54) is 0 Å². The van der Waals surface area contributed by atoms with Gasteiger partial charge in [-0.25, -0.2) is 0 Å². The van der Waals surface area contributed by atoms with E-state index in [1.54, 1.807) is 0 Å². The van der Waals surface area contributed by atoms with Crippen LogP contribution in [0.4, 0.5) is 0 Å². The second-order valence-electron chi connectivity index (χ2n) is 4.86. The van der Waals surface area contributed by atoms with Gasteiger partial charge in [0.25, 0.3) is 0 Å². The summed E-state index contributed by atoms with van der Waals surface area (Å²) in [5.74, 6) is -0.216. The Morgan fingerprint density at radius 3 is 2.53 bits per heavy atom. The number of rotatable bonds is 3. The maximum Gasteiger partial charge on any atom is 0.241 e. The first-order valence-electron chi connectivity index (χ1n) is 6.47. The lowest BCUT2D eigenvalue weighted by atomic mass is 9.92. The fourth-order valence-corrected chi connectivity index (χ4v) is 2.36. The third-order valence-electron chi connectivity index (χ3n) is 3.50. The smallest absolute Gasteiger partial charge is 0.241 e. The number of nitrogens with one attached hydrogen (secondary N) is 1. The summed E-state index contributed by atoms with van der Waals surface area (Å²) < 4.78 is 0. The van der Waals surface area contributed by atoms with Gasteiger partial charge in [0, 0.05) is 0 Å². The van der Waals surface area contributed by atoms with Gasteiger partial charge in [0.1, 0.15) is 6.04 Å². The molecular formula is C14H21ClN2O2. The van der Waals surface area contributed by atoms with Gasteiger partial charge < -0.3 is 16.2 Å². The summed E-state index contributed by atoms with van der Waals surface area (Å²) >= 11 is 0. The summed E-state index contributed by atoms with van der Waals surface area (Å²) in [6, 6.07) is 8.46. The molecule has 106 valence electrons. The van der Waals surface area contributed by atoms with Gasteiger partial charge in [-0.15, -0.1) is 12.4 Å². The molecule has 1 aromatic rings. The Morgan fingerprint density at radius 2 is 1.89 bits per heavy atom. The number of carbonyl (C=O) groups is 1. The zero-order valence-electron chi connectivity index (χ0n) is 10.8. The van der Waals surface area contributed by atoms with Crippen molar-refractivity contribution in [2.45, 2.75) is 43.9 Å². The second-order valence-corrected chi connectivity index (χ2v) is 4.86. The lowest BCUT2D eigenvalue weighted by Gasteiger charge is -2.29. The van der Waals surface area contributed by atoms with Crippen molar-refractivity contribution in [1.29, 1.82) is 0 Å². The number of halogens is 1. The number of benzene rings is 1. The summed E-state index contributed by atoms with van der Waals surface area (Å²) in [5, 5.41) is 12.7. The topological polar surface area (TPSA) is 75.4 Å². The minimum atomic E-state index is -0.666. The van der Waals surface area contributed by atoms with Gasteiger partial charge in [-0.05, 0) is 18.4 Å². The fraction of sp³-hybridized carbons (Fsp3) is 0.500. The van der Waals surface area contributed by atoms with Crippen molar-refractivity contribution in [2.75, 3.05) is 0 Å². The highest BCUT2D eigenvalue weighted by atomic mass is 35.5. The molecule has 1 aliphatic rings. The lowest BCUT2D eigenvalue weighted by Crippen LogP contribution is -2.48. The predicted octanol–water partition coefficient (Wildman–Crippen LogP) is 1.53. The molecule has 1 unspecified atom stereocenters. The molecule has 2 rings (SSSR count). The van der Waals surface area contributed by atoms with E-state index in [0.29, 0.717) is 0 Å². The SMILES string of the molecule is Cl.NC(C(=O)N[C@H]1CCCC[C@@H]1O)c1ccccc1. The van der Waals surface area contributed by atoms with Gasteiger partial charge in [0.15, 0.2) is 0 Å². The quantitative estimate of drug-likeness (QED) is 0.788. The Bertz CT molecular complexity index is 400. The van der Waals surface area contributed by atoms with E-state index >= 15 is 0 Å². The average Bonchev–Trinajstić information content (AvgIpc) is 2.41. The number of aliphatic hydroxyl groups is 1. The Labute approximate surface area is 119 Å². The van der Waals surface area contributed by atoms with E-state index < -0.39 is 12.1 Å². The van der Waals surface area contributed by atoms with E-state index in [4.69, 9.17) is 5.73 Å². The summed E-state index contributed by atoms with van der Waals surface area (Å²) in [7, 11) is 0. The molecule has 0 heterocycles. The number of aliphatic hydroxyl groups excluding tert-OH is 1. The summed E-state index contributed by atoms with van der Waals surface area (Å²) in [5.41, 5.74) is 6.70. The molecule has 1 fully saturated rings. The molecule has 19 heavy (non-hydrogen) atoms. The van der Waals surface area contributed by atoms with Crippen LogP contribution in [0.1, 0.15) is 37.3 Å². The largest absolute Gasteiger partial charge is 0.391 e. The van der Waals surface area contributed by atoms with Crippen molar-refractivity contribution in [3.8, 4) is 0 Å². The predicted molar refractivity (Wildman–Crippen MR) is 77.0 cm³/mol. The number of carbonyl (C=O) groups excluding carboxylic acids is 1. The van der Waals surface area contributed by atoms with Gasteiger partial charge in [-0.1, -0.05) is 43.2 Å². The Hall–Kier alpha value is -1.10. The first-order valence-corrected chi connectivity index (χ1v) is 6.47. The van der Waals surface area contributed by atoms with E-state index in [9.17, 15) is 9.90 Å². The third kappa shape index (κ3) is 4.20. The molecule has 4 N–H and O–H groups in total. The van der Waals surface area contributed by atoms with Crippen LogP contribution in [0.2, 0.25) is 0 Å². The molecule has 0 spiro atoms. The monoisotopic (exact) mass is 284 g/mol. The lowest BCUT2D eigenvalue weighted by molar-refractivity contribution is -0.124. The molecule has 0 saturated heterocycles. The zero-order valence-corrected chi connectivity index (χ0v) is 11.6. The fourth-order valence-electron chi connectivity index (χ4n) is 2.36. The van der Waals surface area contributed by atoms with Crippen LogP contribution < -0.4 is 11.1 Å². The van der Waals surface area contributed by atoms with Crippen molar-refractivity contribution in [3.63, 3.8) is 0 Å². The number of amides is 1. The highest BCUT2D eigenvalue weighted by Gasteiger charge is 2.26. The van der Waals surface area contributed by atoms with Gasteiger partial charge in [-0.2, -0.15) is 0 Å². The maximum atomic E-state index is 12.0. The van der Waals surface area contributed by atoms with Gasteiger partial charge >= 0.3 is 0 Å². The Kier molecular flexibility index (Phi) is 6.28. The van der Waals surface area contributed by atoms with Crippen molar-refractivity contribution in [2.24, 2.45) is 5.73 Å². The van der Waals surface area contributed by atoms with Crippen LogP contribution in [-0.2, 0) is 4.79 Å². The minimum absolute atomic E-state index is 0. The standard InChI is InChI=1S/C14H20N2O2.ClH/c15-13(10-6-2-1-3-7-10)14(18)16-11-8-4-5-9-12(11)17;/h1-3,6-7,11-13,17H,4-5,8-9,15H2,(H,16,18);1H/t11-,12-,13?;/m0./s1. The second kappa shape index (κ2) is 7.48. The van der Waals surface area contributed by atoms with Crippen LogP contribution >= 0.6 is 12.4 Å². The van der Waals surface area contributed by atoms with Crippen LogP contribution in [0.25, 0.3) is 0 Å². The van der Waals surface area contributed by atoms with Crippen molar-refractivity contribution in [3.05, 3.63) is 35.9 Å². The van der Waals surface area contributed by atoms with Crippen LogP contribution in [-0.4, -0.2) is 23.2 Å². The molecule has 0 aromatic heterocycles. The molecule has 1 aromatic carbocycles. The molecule has 0 aliphatic heterocycles. The Morgan fingerprint density at radius 1 is 1.26 bits per heavy atom. The summed E-state index contributed by atoms with van der Waals surface area (Å²) in [6.07, 6.45) is 3.21. The van der Waals surface area contributed by atoms with E-state index in [1.807, 2.05) is 30.3 Å². The van der Waals surface area contributed by atoms with Gasteiger partial charge in [-0.3, -0.25) is 4.79 Å². The van der Waals surface area contributed by atoms with Crippen molar-refractivity contribution < 1.29 is 9.90 Å². The van der Waals surface area contributed by atoms with Crippen LogP contribution in [0.5, 0.6) is 0 Å². The number of nitrogens with two attached hydrogens (primary N) is 1. The molecule has 1 saturated carbocycles. The number of hydrogen-bond acceptors (Lipinski definition) is 3. The van der Waals surface area contributed by atoms with Crippen LogP contribution in [0, 0.1) is 0 Å². The molecule has 1 aliphatic carbocycles. The highest BCUT2D eigenvalue weighted by molar-refractivity contribution is 5.85. The first kappa shape index (κ1) is 16.0. The summed E-state index contributed by atoms with van der Waals surface area (Å²) in [4.78, 5) is 12.0.